The van der Waals surface area contributed by atoms with Crippen LogP contribution in [0.25, 0.3) is 0 Å². The molecule has 4 saturated carbocycles. The van der Waals surface area contributed by atoms with Gasteiger partial charge in [-0.1, -0.05) is 6.07 Å². The van der Waals surface area contributed by atoms with E-state index in [1.807, 2.05) is 24.0 Å². The SMILES string of the molecule is CNS(=O)(=O)c1ccc(N2CCN(c3cccc(C(=O)N[C@H]4C5CC6CC4C[C@](O)(C6)C5)n3)[C@H](C)C2)c(F)c1. The van der Waals surface area contributed by atoms with Crippen molar-refractivity contribution in [2.24, 2.45) is 17.8 Å². The van der Waals surface area contributed by atoms with Crippen LogP contribution >= 0.6 is 0 Å². The number of amides is 1. The Morgan fingerprint density at radius 3 is 2.51 bits per heavy atom. The Morgan fingerprint density at radius 1 is 1.13 bits per heavy atom. The number of benzene rings is 1. The van der Waals surface area contributed by atoms with Gasteiger partial charge in [0.2, 0.25) is 10.0 Å². The van der Waals surface area contributed by atoms with Crippen LogP contribution < -0.4 is 19.8 Å². The second kappa shape index (κ2) is 9.71. The molecule has 4 aliphatic carbocycles. The number of rotatable bonds is 6. The number of pyridine rings is 1. The second-order valence-corrected chi connectivity index (χ2v) is 13.8. The number of piperazine rings is 1. The van der Waals surface area contributed by atoms with Gasteiger partial charge in [-0.2, -0.15) is 0 Å². The molecule has 1 aromatic heterocycles. The number of carbonyl (C=O) groups excluding carboxylic acids is 1. The lowest BCUT2D eigenvalue weighted by molar-refractivity contribution is -0.136. The predicted octanol–water partition coefficient (Wildman–Crippen LogP) is 2.51. The number of halogens is 1. The summed E-state index contributed by atoms with van der Waals surface area (Å²) in [6.07, 6.45) is 4.61. The van der Waals surface area contributed by atoms with Gasteiger partial charge in [-0.3, -0.25) is 4.79 Å². The molecule has 1 aliphatic heterocycles. The summed E-state index contributed by atoms with van der Waals surface area (Å²) < 4.78 is 41.1. The van der Waals surface area contributed by atoms with Crippen LogP contribution in [-0.2, 0) is 10.0 Å². The van der Waals surface area contributed by atoms with Crippen LogP contribution in [0.5, 0.6) is 0 Å². The average molecular weight is 558 g/mol. The molecule has 2 heterocycles. The maximum absolute atomic E-state index is 14.9. The van der Waals surface area contributed by atoms with Crippen molar-refractivity contribution in [3.63, 3.8) is 0 Å². The number of aliphatic hydroxyl groups is 1. The number of sulfonamides is 1. The monoisotopic (exact) mass is 557 g/mol. The van der Waals surface area contributed by atoms with Crippen LogP contribution in [0, 0.1) is 23.6 Å². The Morgan fingerprint density at radius 2 is 1.87 bits per heavy atom. The average Bonchev–Trinajstić information content (AvgIpc) is 2.89. The molecule has 39 heavy (non-hydrogen) atoms. The topological polar surface area (TPSA) is 115 Å². The molecule has 7 rings (SSSR count). The maximum atomic E-state index is 14.9. The highest BCUT2D eigenvalue weighted by Crippen LogP contribution is 2.55. The minimum atomic E-state index is -3.72. The summed E-state index contributed by atoms with van der Waals surface area (Å²) in [6, 6.07) is 9.51. The van der Waals surface area contributed by atoms with Crippen molar-refractivity contribution in [2.45, 2.75) is 61.6 Å². The minimum absolute atomic E-state index is 0.0187. The van der Waals surface area contributed by atoms with Crippen LogP contribution in [0.15, 0.2) is 41.3 Å². The van der Waals surface area contributed by atoms with Gasteiger partial charge in [-0.05, 0) is 94.2 Å². The Labute approximate surface area is 228 Å². The fourth-order valence-electron chi connectivity index (χ4n) is 7.70. The highest BCUT2D eigenvalue weighted by atomic mass is 32.2. The molecule has 3 atom stereocenters. The first kappa shape index (κ1) is 26.5. The van der Waals surface area contributed by atoms with Crippen molar-refractivity contribution in [3.05, 3.63) is 47.9 Å². The highest BCUT2D eigenvalue weighted by molar-refractivity contribution is 7.89. The van der Waals surface area contributed by atoms with E-state index in [-0.39, 0.29) is 22.9 Å². The number of anilines is 2. The van der Waals surface area contributed by atoms with E-state index in [1.54, 1.807) is 6.07 Å². The number of aromatic nitrogens is 1. The third-order valence-corrected chi connectivity index (χ3v) is 10.7. The second-order valence-electron chi connectivity index (χ2n) is 11.9. The molecule has 210 valence electrons. The molecule has 1 amide bonds. The number of carbonyl (C=O) groups is 1. The van der Waals surface area contributed by atoms with Crippen LogP contribution in [0.3, 0.4) is 0 Å². The van der Waals surface area contributed by atoms with E-state index in [4.69, 9.17) is 4.98 Å². The van der Waals surface area contributed by atoms with Crippen molar-refractivity contribution in [1.29, 1.82) is 0 Å². The van der Waals surface area contributed by atoms with Gasteiger partial charge in [-0.15, -0.1) is 0 Å². The predicted molar refractivity (Wildman–Crippen MR) is 146 cm³/mol. The zero-order chi connectivity index (χ0) is 27.5. The molecule has 11 heteroatoms. The first-order chi connectivity index (χ1) is 18.5. The largest absolute Gasteiger partial charge is 0.390 e. The zero-order valence-electron chi connectivity index (χ0n) is 22.3. The molecule has 2 aromatic rings. The Kier molecular flexibility index (Phi) is 6.59. The summed E-state index contributed by atoms with van der Waals surface area (Å²) in [4.78, 5) is 21.9. The summed E-state index contributed by atoms with van der Waals surface area (Å²) in [6.45, 7) is 3.63. The van der Waals surface area contributed by atoms with E-state index in [9.17, 15) is 22.7 Å². The van der Waals surface area contributed by atoms with E-state index in [2.05, 4.69) is 14.9 Å². The quantitative estimate of drug-likeness (QED) is 0.500. The number of nitrogens with one attached hydrogen (secondary N) is 2. The van der Waals surface area contributed by atoms with Crippen LogP contribution in [0.1, 0.15) is 49.5 Å². The molecule has 1 aromatic carbocycles. The molecule has 4 bridgehead atoms. The highest BCUT2D eigenvalue weighted by Gasteiger charge is 2.55. The molecule has 5 fully saturated rings. The van der Waals surface area contributed by atoms with Crippen molar-refractivity contribution in [3.8, 4) is 0 Å². The summed E-state index contributed by atoms with van der Waals surface area (Å²) in [5.74, 6) is 1.18. The van der Waals surface area contributed by atoms with Gasteiger partial charge < -0.3 is 20.2 Å². The van der Waals surface area contributed by atoms with Gasteiger partial charge in [0.15, 0.2) is 0 Å². The fourth-order valence-corrected chi connectivity index (χ4v) is 8.44. The van der Waals surface area contributed by atoms with Crippen molar-refractivity contribution in [1.82, 2.24) is 15.0 Å². The van der Waals surface area contributed by atoms with Gasteiger partial charge in [0, 0.05) is 31.7 Å². The molecule has 1 saturated heterocycles. The maximum Gasteiger partial charge on any atom is 0.270 e. The molecule has 0 radical (unpaired) electrons. The first-order valence-electron chi connectivity index (χ1n) is 13.8. The molecule has 5 aliphatic rings. The summed E-state index contributed by atoms with van der Waals surface area (Å²) in [7, 11) is -2.43. The van der Waals surface area contributed by atoms with Crippen molar-refractivity contribution in [2.75, 3.05) is 36.5 Å². The summed E-state index contributed by atoms with van der Waals surface area (Å²) >= 11 is 0. The fraction of sp³-hybridized carbons (Fsp3) is 0.571. The third-order valence-electron chi connectivity index (χ3n) is 9.27. The van der Waals surface area contributed by atoms with E-state index >= 15 is 0 Å². The van der Waals surface area contributed by atoms with Gasteiger partial charge >= 0.3 is 0 Å². The van der Waals surface area contributed by atoms with Crippen LogP contribution in [-0.4, -0.2) is 68.8 Å². The summed E-state index contributed by atoms with van der Waals surface area (Å²) in [5, 5.41) is 14.1. The van der Waals surface area contributed by atoms with Crippen molar-refractivity contribution < 1.29 is 22.7 Å². The standard InChI is InChI=1S/C28H36FN5O4S/c1-17-16-33(24-7-6-21(12-22(24)29)39(37,38)30-2)8-9-34(17)25-5-3-4-23(31-25)27(35)32-26-19-10-18-11-20(26)15-28(36,13-18)14-19/h3-7,12,17-20,26,30,36H,8-11,13-16H2,1-2H3,(H,32,35)/t17-,18?,19?,20?,26-,28-/m1/s1. The normalized spacial score (nSPS) is 31.9. The molecular weight excluding hydrogens is 521 g/mol. The third kappa shape index (κ3) is 4.89. The Hall–Kier alpha value is -2.76. The lowest BCUT2D eigenvalue weighted by atomic mass is 9.52. The molecule has 0 spiro atoms. The lowest BCUT2D eigenvalue weighted by Crippen LogP contribution is -2.61. The molecule has 2 unspecified atom stereocenters. The zero-order valence-corrected chi connectivity index (χ0v) is 23.1. The minimum Gasteiger partial charge on any atom is -0.390 e. The van der Waals surface area contributed by atoms with Crippen LogP contribution in [0.4, 0.5) is 15.9 Å². The van der Waals surface area contributed by atoms with E-state index in [0.717, 1.165) is 38.2 Å². The molecule has 3 N–H and O–H groups in total. The first-order valence-corrected chi connectivity index (χ1v) is 15.3. The van der Waals surface area contributed by atoms with Gasteiger partial charge in [-0.25, -0.2) is 22.5 Å². The molecular formula is C28H36FN5O4S. The summed E-state index contributed by atoms with van der Waals surface area (Å²) in [5.41, 5.74) is 0.198. The number of hydrogen-bond acceptors (Lipinski definition) is 7. The van der Waals surface area contributed by atoms with Gasteiger partial charge in [0.25, 0.3) is 5.91 Å². The Balaban J connectivity index is 1.12. The molecule has 9 nitrogen and oxygen atoms in total. The van der Waals surface area contributed by atoms with Crippen molar-refractivity contribution >= 4 is 27.4 Å². The number of nitrogens with zero attached hydrogens (tertiary/aromatic N) is 3. The lowest BCUT2D eigenvalue weighted by Gasteiger charge is -2.58. The van der Waals surface area contributed by atoms with Gasteiger partial charge in [0.05, 0.1) is 16.2 Å². The number of hydrogen-bond donors (Lipinski definition) is 3. The smallest absolute Gasteiger partial charge is 0.270 e. The van der Waals surface area contributed by atoms with Crippen LogP contribution in [0.2, 0.25) is 0 Å². The van der Waals surface area contributed by atoms with E-state index < -0.39 is 21.4 Å². The van der Waals surface area contributed by atoms with Gasteiger partial charge in [0.1, 0.15) is 17.3 Å². The van der Waals surface area contributed by atoms with E-state index in [1.165, 1.54) is 19.2 Å². The van der Waals surface area contributed by atoms with E-state index in [0.29, 0.717) is 54.6 Å². The Bertz CT molecular complexity index is 1370.